The van der Waals surface area contributed by atoms with Gasteiger partial charge < -0.3 is 5.32 Å². The maximum atomic E-state index is 12.6. The molecule has 0 radical (unpaired) electrons. The lowest BCUT2D eigenvalue weighted by Crippen LogP contribution is -2.30. The van der Waals surface area contributed by atoms with Gasteiger partial charge in [0.2, 0.25) is 10.0 Å². The molecule has 4 nitrogen and oxygen atoms in total. The van der Waals surface area contributed by atoms with Crippen LogP contribution in [0.2, 0.25) is 0 Å². The van der Waals surface area contributed by atoms with Gasteiger partial charge in [-0.1, -0.05) is 26.0 Å². The lowest BCUT2D eigenvalue weighted by molar-refractivity contribution is 0.375. The molecule has 0 spiro atoms. The van der Waals surface area contributed by atoms with E-state index in [1.54, 1.807) is 29.6 Å². The van der Waals surface area contributed by atoms with E-state index in [0.29, 0.717) is 23.7 Å². The van der Waals surface area contributed by atoms with Crippen molar-refractivity contribution in [2.45, 2.75) is 25.2 Å². The summed E-state index contributed by atoms with van der Waals surface area (Å²) in [4.78, 5) is 0.366. The number of nitrogens with zero attached hydrogens (tertiary/aromatic N) is 1. The van der Waals surface area contributed by atoms with Crippen LogP contribution in [0.1, 0.15) is 20.3 Å². The third kappa shape index (κ3) is 2.37. The number of rotatable bonds is 3. The molecule has 0 unspecified atom stereocenters. The number of nitrogens with one attached hydrogen (secondary N) is 1. The number of hydrogen-bond donors (Lipinski definition) is 1. The predicted octanol–water partition coefficient (Wildman–Crippen LogP) is 2.15. The quantitative estimate of drug-likeness (QED) is 0.914. The van der Waals surface area contributed by atoms with Gasteiger partial charge in [0.1, 0.15) is 4.90 Å². The van der Waals surface area contributed by atoms with Crippen LogP contribution in [0, 0.1) is 5.41 Å². The van der Waals surface area contributed by atoms with Crippen LogP contribution in [0.25, 0.3) is 0 Å². The van der Waals surface area contributed by atoms with Crippen molar-refractivity contribution in [1.82, 2.24) is 4.31 Å². The van der Waals surface area contributed by atoms with Crippen molar-refractivity contribution < 1.29 is 8.42 Å². The maximum absolute atomic E-state index is 12.6. The Morgan fingerprint density at radius 1 is 1.28 bits per heavy atom. The van der Waals surface area contributed by atoms with Gasteiger partial charge in [-0.3, -0.25) is 0 Å². The predicted molar refractivity (Wildman–Crippen MR) is 73.1 cm³/mol. The SMILES string of the molecule is CNc1ccccc1S(=O)(=O)N1CCC(C)(C)C1. The minimum Gasteiger partial charge on any atom is -0.387 e. The Kier molecular flexibility index (Phi) is 3.38. The molecule has 0 bridgehead atoms. The Balaban J connectivity index is 2.38. The highest BCUT2D eigenvalue weighted by atomic mass is 32.2. The van der Waals surface area contributed by atoms with Crippen molar-refractivity contribution in [2.24, 2.45) is 5.41 Å². The van der Waals surface area contributed by atoms with Crippen LogP contribution in [0.3, 0.4) is 0 Å². The van der Waals surface area contributed by atoms with Gasteiger partial charge in [-0.15, -0.1) is 0 Å². The number of anilines is 1. The lowest BCUT2D eigenvalue weighted by atomic mass is 9.93. The summed E-state index contributed by atoms with van der Waals surface area (Å²) in [7, 11) is -1.64. The van der Waals surface area contributed by atoms with Crippen LogP contribution in [-0.2, 0) is 10.0 Å². The zero-order chi connectivity index (χ0) is 13.4. The summed E-state index contributed by atoms with van der Waals surface area (Å²) in [6.07, 6.45) is 0.911. The molecule has 0 aromatic heterocycles. The maximum Gasteiger partial charge on any atom is 0.245 e. The molecule has 1 heterocycles. The molecule has 1 aromatic rings. The van der Waals surface area contributed by atoms with Crippen molar-refractivity contribution in [3.05, 3.63) is 24.3 Å². The Bertz CT molecular complexity index is 538. The van der Waals surface area contributed by atoms with Crippen LogP contribution >= 0.6 is 0 Å². The third-order valence-corrected chi connectivity index (χ3v) is 5.32. The summed E-state index contributed by atoms with van der Waals surface area (Å²) in [5, 5.41) is 2.94. The van der Waals surface area contributed by atoms with E-state index in [-0.39, 0.29) is 5.41 Å². The number of sulfonamides is 1. The molecule has 5 heteroatoms. The zero-order valence-corrected chi connectivity index (χ0v) is 11.9. The Morgan fingerprint density at radius 2 is 1.94 bits per heavy atom. The fourth-order valence-electron chi connectivity index (χ4n) is 2.31. The van der Waals surface area contributed by atoms with E-state index in [4.69, 9.17) is 0 Å². The monoisotopic (exact) mass is 268 g/mol. The molecule has 100 valence electrons. The zero-order valence-electron chi connectivity index (χ0n) is 11.1. The second-order valence-electron chi connectivity index (χ2n) is 5.50. The molecule has 1 aliphatic heterocycles. The average molecular weight is 268 g/mol. The Hall–Kier alpha value is -1.07. The topological polar surface area (TPSA) is 49.4 Å². The van der Waals surface area contributed by atoms with Crippen molar-refractivity contribution in [3.63, 3.8) is 0 Å². The molecule has 1 saturated heterocycles. The van der Waals surface area contributed by atoms with E-state index in [0.717, 1.165) is 6.42 Å². The van der Waals surface area contributed by atoms with E-state index < -0.39 is 10.0 Å². The average Bonchev–Trinajstić information content (AvgIpc) is 2.70. The van der Waals surface area contributed by atoms with Gasteiger partial charge in [0.05, 0.1) is 5.69 Å². The van der Waals surface area contributed by atoms with Crippen molar-refractivity contribution in [1.29, 1.82) is 0 Å². The third-order valence-electron chi connectivity index (χ3n) is 3.42. The van der Waals surface area contributed by atoms with Crippen LogP contribution < -0.4 is 5.32 Å². The van der Waals surface area contributed by atoms with Crippen LogP contribution in [0.15, 0.2) is 29.2 Å². The summed E-state index contributed by atoms with van der Waals surface area (Å²) in [6, 6.07) is 7.04. The lowest BCUT2D eigenvalue weighted by Gasteiger charge is -2.21. The fraction of sp³-hybridized carbons (Fsp3) is 0.538. The van der Waals surface area contributed by atoms with Crippen LogP contribution in [-0.4, -0.2) is 32.9 Å². The number of hydrogen-bond acceptors (Lipinski definition) is 3. The molecule has 1 N–H and O–H groups in total. The van der Waals surface area contributed by atoms with Gasteiger partial charge >= 0.3 is 0 Å². The number of benzene rings is 1. The largest absolute Gasteiger partial charge is 0.387 e. The van der Waals surface area contributed by atoms with E-state index in [1.165, 1.54) is 0 Å². The second-order valence-corrected chi connectivity index (χ2v) is 7.41. The van der Waals surface area contributed by atoms with E-state index >= 15 is 0 Å². The van der Waals surface area contributed by atoms with Gasteiger partial charge in [0.15, 0.2) is 0 Å². The normalized spacial score (nSPS) is 19.9. The first kappa shape index (κ1) is 13.4. The first-order chi connectivity index (χ1) is 8.37. The van der Waals surface area contributed by atoms with Gasteiger partial charge in [0, 0.05) is 20.1 Å². The summed E-state index contributed by atoms with van der Waals surface area (Å²) >= 11 is 0. The first-order valence-corrected chi connectivity index (χ1v) is 7.58. The molecule has 1 aliphatic rings. The number of para-hydroxylation sites is 1. The van der Waals surface area contributed by atoms with Crippen LogP contribution in [0.5, 0.6) is 0 Å². The minimum atomic E-state index is -3.38. The smallest absolute Gasteiger partial charge is 0.245 e. The molecular formula is C13H20N2O2S. The molecule has 2 rings (SSSR count). The summed E-state index contributed by atoms with van der Waals surface area (Å²) in [5.41, 5.74) is 0.726. The summed E-state index contributed by atoms with van der Waals surface area (Å²) in [6.45, 7) is 5.40. The van der Waals surface area contributed by atoms with Crippen LogP contribution in [0.4, 0.5) is 5.69 Å². The molecular weight excluding hydrogens is 248 g/mol. The van der Waals surface area contributed by atoms with Crippen molar-refractivity contribution in [2.75, 3.05) is 25.5 Å². The first-order valence-electron chi connectivity index (χ1n) is 6.14. The van der Waals surface area contributed by atoms with Crippen molar-refractivity contribution in [3.8, 4) is 0 Å². The second kappa shape index (κ2) is 4.55. The highest BCUT2D eigenvalue weighted by molar-refractivity contribution is 7.89. The van der Waals surface area contributed by atoms with Crippen molar-refractivity contribution >= 4 is 15.7 Å². The molecule has 0 saturated carbocycles. The highest BCUT2D eigenvalue weighted by Crippen LogP contribution is 2.34. The molecule has 1 aromatic carbocycles. The minimum absolute atomic E-state index is 0.0711. The van der Waals surface area contributed by atoms with Gasteiger partial charge in [0.25, 0.3) is 0 Å². The van der Waals surface area contributed by atoms with E-state index in [9.17, 15) is 8.42 Å². The molecule has 0 aliphatic carbocycles. The summed E-state index contributed by atoms with van der Waals surface area (Å²) < 4.78 is 26.8. The standard InChI is InChI=1S/C13H20N2O2S/c1-13(2)8-9-15(10-13)18(16,17)12-7-5-4-6-11(12)14-3/h4-7,14H,8-10H2,1-3H3. The van der Waals surface area contributed by atoms with E-state index in [1.807, 2.05) is 6.07 Å². The highest BCUT2D eigenvalue weighted by Gasteiger charge is 2.37. The molecule has 1 fully saturated rings. The summed E-state index contributed by atoms with van der Waals surface area (Å²) in [5.74, 6) is 0. The van der Waals surface area contributed by atoms with Gasteiger partial charge in [-0.05, 0) is 24.0 Å². The molecule has 0 atom stereocenters. The molecule has 18 heavy (non-hydrogen) atoms. The van der Waals surface area contributed by atoms with Gasteiger partial charge in [-0.25, -0.2) is 8.42 Å². The van der Waals surface area contributed by atoms with E-state index in [2.05, 4.69) is 19.2 Å². The molecule has 0 amide bonds. The fourth-order valence-corrected chi connectivity index (χ4v) is 4.13. The van der Waals surface area contributed by atoms with Gasteiger partial charge in [-0.2, -0.15) is 4.31 Å². The Morgan fingerprint density at radius 3 is 2.50 bits per heavy atom. The Labute approximate surface area is 109 Å².